The predicted molar refractivity (Wildman–Crippen MR) is 84.0 cm³/mol. The Bertz CT molecular complexity index is 554. The maximum Gasteiger partial charge on any atom is 0.131 e. The van der Waals surface area contributed by atoms with Crippen LogP contribution < -0.4 is 0 Å². The summed E-state index contributed by atoms with van der Waals surface area (Å²) < 4.78 is 33.6. The number of benzene rings is 1. The SMILES string of the molecule is CC1CC(c2cc(COCC(C)(C)C)c(F)cc2F)C(O)C1O. The summed E-state index contributed by atoms with van der Waals surface area (Å²) in [5.41, 5.74) is 0.476. The van der Waals surface area contributed by atoms with Crippen molar-refractivity contribution in [2.75, 3.05) is 6.61 Å². The minimum absolute atomic E-state index is 0.0411. The van der Waals surface area contributed by atoms with E-state index in [0.29, 0.717) is 13.0 Å². The summed E-state index contributed by atoms with van der Waals surface area (Å²) in [4.78, 5) is 0. The van der Waals surface area contributed by atoms with Gasteiger partial charge in [-0.25, -0.2) is 8.78 Å². The Balaban J connectivity index is 2.20. The highest BCUT2D eigenvalue weighted by atomic mass is 19.1. The van der Waals surface area contributed by atoms with Crippen LogP contribution in [0.1, 0.15) is 51.2 Å². The Morgan fingerprint density at radius 1 is 1.13 bits per heavy atom. The fourth-order valence-electron chi connectivity index (χ4n) is 3.04. The van der Waals surface area contributed by atoms with Crippen LogP contribution in [-0.4, -0.2) is 29.0 Å². The molecule has 4 atom stereocenters. The molecule has 5 heteroatoms. The molecular weight excluding hydrogens is 302 g/mol. The zero-order valence-corrected chi connectivity index (χ0v) is 14.1. The lowest BCUT2D eigenvalue weighted by Gasteiger charge is -2.20. The van der Waals surface area contributed by atoms with Crippen LogP contribution in [0.25, 0.3) is 0 Å². The van der Waals surface area contributed by atoms with Crippen molar-refractivity contribution in [1.29, 1.82) is 0 Å². The molecule has 130 valence electrons. The first-order valence-corrected chi connectivity index (χ1v) is 8.02. The topological polar surface area (TPSA) is 49.7 Å². The average Bonchev–Trinajstić information content (AvgIpc) is 2.68. The minimum Gasteiger partial charge on any atom is -0.390 e. The minimum atomic E-state index is -1.03. The van der Waals surface area contributed by atoms with Gasteiger partial charge in [-0.05, 0) is 29.4 Å². The third-order valence-electron chi connectivity index (χ3n) is 4.33. The molecule has 0 aromatic heterocycles. The Morgan fingerprint density at radius 3 is 2.30 bits per heavy atom. The van der Waals surface area contributed by atoms with Gasteiger partial charge in [-0.1, -0.05) is 27.7 Å². The van der Waals surface area contributed by atoms with Crippen LogP contribution in [0.2, 0.25) is 0 Å². The number of aliphatic hydroxyl groups is 2. The molecule has 23 heavy (non-hydrogen) atoms. The molecule has 0 spiro atoms. The van der Waals surface area contributed by atoms with E-state index in [4.69, 9.17) is 4.74 Å². The Labute approximate surface area is 136 Å². The molecule has 1 aliphatic carbocycles. The molecule has 0 bridgehead atoms. The van der Waals surface area contributed by atoms with Crippen molar-refractivity contribution in [3.8, 4) is 0 Å². The smallest absolute Gasteiger partial charge is 0.131 e. The zero-order valence-electron chi connectivity index (χ0n) is 14.1. The van der Waals surface area contributed by atoms with Crippen molar-refractivity contribution in [2.24, 2.45) is 11.3 Å². The number of hydrogen-bond donors (Lipinski definition) is 2. The molecule has 1 fully saturated rings. The molecule has 2 N–H and O–H groups in total. The van der Waals surface area contributed by atoms with E-state index < -0.39 is 29.8 Å². The van der Waals surface area contributed by atoms with Crippen LogP contribution in [0.15, 0.2) is 12.1 Å². The summed E-state index contributed by atoms with van der Waals surface area (Å²) in [6.45, 7) is 8.35. The van der Waals surface area contributed by atoms with E-state index in [0.717, 1.165) is 6.07 Å². The van der Waals surface area contributed by atoms with E-state index in [1.54, 1.807) is 0 Å². The lowest BCUT2D eigenvalue weighted by Crippen LogP contribution is -2.27. The third-order valence-corrected chi connectivity index (χ3v) is 4.33. The van der Waals surface area contributed by atoms with Crippen molar-refractivity contribution in [3.63, 3.8) is 0 Å². The number of halogens is 2. The normalized spacial score (nSPS) is 28.3. The second-order valence-electron chi connectivity index (χ2n) is 7.82. The second kappa shape index (κ2) is 6.83. The van der Waals surface area contributed by atoms with Crippen molar-refractivity contribution < 1.29 is 23.7 Å². The van der Waals surface area contributed by atoms with Crippen LogP contribution in [0.5, 0.6) is 0 Å². The maximum absolute atomic E-state index is 14.1. The van der Waals surface area contributed by atoms with Gasteiger partial charge in [-0.3, -0.25) is 0 Å². The first-order chi connectivity index (χ1) is 10.6. The lowest BCUT2D eigenvalue weighted by molar-refractivity contribution is 0.0176. The summed E-state index contributed by atoms with van der Waals surface area (Å²) in [5, 5.41) is 20.0. The largest absolute Gasteiger partial charge is 0.390 e. The molecule has 2 rings (SSSR count). The summed E-state index contributed by atoms with van der Waals surface area (Å²) in [7, 11) is 0. The molecule has 3 nitrogen and oxygen atoms in total. The van der Waals surface area contributed by atoms with Gasteiger partial charge in [-0.15, -0.1) is 0 Å². The first-order valence-electron chi connectivity index (χ1n) is 8.02. The molecule has 0 amide bonds. The molecule has 0 saturated heterocycles. The molecule has 4 unspecified atom stereocenters. The summed E-state index contributed by atoms with van der Waals surface area (Å²) in [5.74, 6) is -1.99. The highest BCUT2D eigenvalue weighted by Crippen LogP contribution is 2.40. The third kappa shape index (κ3) is 4.28. The second-order valence-corrected chi connectivity index (χ2v) is 7.82. The van der Waals surface area contributed by atoms with Gasteiger partial charge in [0.15, 0.2) is 0 Å². The Hall–Kier alpha value is -1.04. The van der Waals surface area contributed by atoms with Gasteiger partial charge < -0.3 is 14.9 Å². The highest BCUT2D eigenvalue weighted by Gasteiger charge is 2.41. The number of hydrogen-bond acceptors (Lipinski definition) is 3. The van der Waals surface area contributed by atoms with Gasteiger partial charge in [-0.2, -0.15) is 0 Å². The van der Waals surface area contributed by atoms with Crippen molar-refractivity contribution >= 4 is 0 Å². The molecule has 0 radical (unpaired) electrons. The summed E-state index contributed by atoms with van der Waals surface area (Å²) in [6.07, 6.45) is -1.45. The monoisotopic (exact) mass is 328 g/mol. The van der Waals surface area contributed by atoms with E-state index in [9.17, 15) is 19.0 Å². The summed E-state index contributed by atoms with van der Waals surface area (Å²) >= 11 is 0. The van der Waals surface area contributed by atoms with Gasteiger partial charge in [0.1, 0.15) is 11.6 Å². The van der Waals surface area contributed by atoms with Gasteiger partial charge in [0.25, 0.3) is 0 Å². The van der Waals surface area contributed by atoms with E-state index in [1.165, 1.54) is 6.07 Å². The van der Waals surface area contributed by atoms with Crippen molar-refractivity contribution in [2.45, 2.75) is 58.8 Å². The fourth-order valence-corrected chi connectivity index (χ4v) is 3.04. The molecule has 1 saturated carbocycles. The molecule has 1 aromatic rings. The van der Waals surface area contributed by atoms with E-state index in [2.05, 4.69) is 0 Å². The highest BCUT2D eigenvalue weighted by molar-refractivity contribution is 5.31. The van der Waals surface area contributed by atoms with E-state index in [-0.39, 0.29) is 29.1 Å². The molecule has 1 aliphatic rings. The predicted octanol–water partition coefficient (Wildman–Crippen LogP) is 3.37. The number of rotatable bonds is 4. The van der Waals surface area contributed by atoms with E-state index in [1.807, 2.05) is 27.7 Å². The quantitative estimate of drug-likeness (QED) is 0.891. The van der Waals surface area contributed by atoms with Crippen molar-refractivity contribution in [1.82, 2.24) is 0 Å². The van der Waals surface area contributed by atoms with Gasteiger partial charge in [0, 0.05) is 17.5 Å². The maximum atomic E-state index is 14.1. The average molecular weight is 328 g/mol. The number of aliphatic hydroxyl groups excluding tert-OH is 2. The van der Waals surface area contributed by atoms with Crippen LogP contribution in [0.3, 0.4) is 0 Å². The van der Waals surface area contributed by atoms with Crippen LogP contribution >= 0.6 is 0 Å². The zero-order chi connectivity index (χ0) is 17.4. The van der Waals surface area contributed by atoms with Crippen molar-refractivity contribution in [3.05, 3.63) is 34.9 Å². The van der Waals surface area contributed by atoms with Crippen LogP contribution in [0.4, 0.5) is 8.78 Å². The molecule has 0 heterocycles. The van der Waals surface area contributed by atoms with Gasteiger partial charge in [0.05, 0.1) is 25.4 Å². The summed E-state index contributed by atoms with van der Waals surface area (Å²) in [6, 6.07) is 2.26. The molecular formula is C18H26F2O3. The fraction of sp³-hybridized carbons (Fsp3) is 0.667. The van der Waals surface area contributed by atoms with E-state index >= 15 is 0 Å². The van der Waals surface area contributed by atoms with Gasteiger partial charge in [0.2, 0.25) is 0 Å². The molecule has 0 aliphatic heterocycles. The van der Waals surface area contributed by atoms with Crippen LogP contribution in [-0.2, 0) is 11.3 Å². The Kier molecular flexibility index (Phi) is 5.44. The number of ether oxygens (including phenoxy) is 1. The first kappa shape index (κ1) is 18.3. The van der Waals surface area contributed by atoms with Gasteiger partial charge >= 0.3 is 0 Å². The standard InChI is InChI=1S/C18H26F2O3/c1-10-5-13(17(22)16(10)21)12-6-11(14(19)7-15(12)20)8-23-9-18(2,3)4/h6-7,10,13,16-17,21-22H,5,8-9H2,1-4H3. The Morgan fingerprint density at radius 2 is 1.78 bits per heavy atom. The lowest BCUT2D eigenvalue weighted by atomic mass is 9.92. The van der Waals surface area contributed by atoms with Crippen LogP contribution in [0, 0.1) is 23.0 Å². The molecule has 1 aromatic carbocycles.